The summed E-state index contributed by atoms with van der Waals surface area (Å²) in [6.07, 6.45) is 0.687. The molecule has 116 valence electrons. The number of hydrogen-bond donors (Lipinski definition) is 2. The van der Waals surface area contributed by atoms with E-state index in [9.17, 15) is 14.7 Å². The number of piperazine rings is 1. The largest absolute Gasteiger partial charge is 0.508 e. The molecule has 22 heavy (non-hydrogen) atoms. The average molecular weight is 302 g/mol. The van der Waals surface area contributed by atoms with E-state index in [1.54, 1.807) is 0 Å². The maximum absolute atomic E-state index is 11.7. The van der Waals surface area contributed by atoms with E-state index < -0.39 is 5.63 Å². The lowest BCUT2D eigenvalue weighted by Crippen LogP contribution is -2.47. The molecular formula is C16H18N2O4. The monoisotopic (exact) mass is 302 g/mol. The van der Waals surface area contributed by atoms with Gasteiger partial charge in [0.1, 0.15) is 11.3 Å². The van der Waals surface area contributed by atoms with E-state index >= 15 is 0 Å². The molecule has 2 N–H and O–H groups in total. The van der Waals surface area contributed by atoms with Crippen molar-refractivity contribution in [1.29, 1.82) is 0 Å². The molecular weight excluding hydrogens is 284 g/mol. The fourth-order valence-electron chi connectivity index (χ4n) is 2.79. The number of amides is 1. The highest BCUT2D eigenvalue weighted by atomic mass is 16.4. The average Bonchev–Trinajstić information content (AvgIpc) is 2.46. The molecule has 1 aliphatic heterocycles. The van der Waals surface area contributed by atoms with Crippen molar-refractivity contribution >= 4 is 16.9 Å². The molecule has 3 rings (SSSR count). The first-order valence-electron chi connectivity index (χ1n) is 7.34. The third kappa shape index (κ3) is 2.82. The number of carbonyl (C=O) groups is 1. The van der Waals surface area contributed by atoms with Crippen LogP contribution >= 0.6 is 0 Å². The zero-order valence-corrected chi connectivity index (χ0v) is 12.4. The van der Waals surface area contributed by atoms with Crippen molar-refractivity contribution in [3.8, 4) is 5.75 Å². The molecule has 0 saturated carbocycles. The molecule has 0 spiro atoms. The van der Waals surface area contributed by atoms with Gasteiger partial charge in [0.05, 0.1) is 6.54 Å². The van der Waals surface area contributed by atoms with E-state index in [0.717, 1.165) is 23.1 Å². The van der Waals surface area contributed by atoms with Crippen LogP contribution in [0.4, 0.5) is 0 Å². The maximum atomic E-state index is 11.7. The number of phenolic OH excluding ortho intramolecular Hbond substituents is 1. The normalized spacial score (nSPS) is 16.0. The first-order chi connectivity index (χ1) is 10.6. The van der Waals surface area contributed by atoms with Gasteiger partial charge in [-0.1, -0.05) is 6.92 Å². The molecule has 2 aromatic rings. The van der Waals surface area contributed by atoms with Gasteiger partial charge in [0.2, 0.25) is 5.91 Å². The minimum Gasteiger partial charge on any atom is -0.508 e. The lowest BCUT2D eigenvalue weighted by Gasteiger charge is -2.26. The predicted molar refractivity (Wildman–Crippen MR) is 81.8 cm³/mol. The topological polar surface area (TPSA) is 82.8 Å². The maximum Gasteiger partial charge on any atom is 0.336 e. The second kappa shape index (κ2) is 5.81. The molecule has 1 saturated heterocycles. The smallest absolute Gasteiger partial charge is 0.336 e. The summed E-state index contributed by atoms with van der Waals surface area (Å²) < 4.78 is 5.18. The summed E-state index contributed by atoms with van der Waals surface area (Å²) in [5.41, 5.74) is 1.54. The minimum absolute atomic E-state index is 0.00888. The van der Waals surface area contributed by atoms with Crippen LogP contribution in [0, 0.1) is 0 Å². The van der Waals surface area contributed by atoms with Gasteiger partial charge in [0.25, 0.3) is 0 Å². The number of hydrogen-bond acceptors (Lipinski definition) is 5. The van der Waals surface area contributed by atoms with Gasteiger partial charge in [-0.05, 0) is 23.6 Å². The van der Waals surface area contributed by atoms with E-state index in [2.05, 4.69) is 5.32 Å². The fourth-order valence-corrected chi connectivity index (χ4v) is 2.79. The molecule has 6 heteroatoms. The summed E-state index contributed by atoms with van der Waals surface area (Å²) in [4.78, 5) is 25.2. The highest BCUT2D eigenvalue weighted by molar-refractivity contribution is 5.83. The van der Waals surface area contributed by atoms with Crippen molar-refractivity contribution in [1.82, 2.24) is 10.2 Å². The van der Waals surface area contributed by atoms with Gasteiger partial charge >= 0.3 is 5.63 Å². The Morgan fingerprint density at radius 1 is 1.27 bits per heavy atom. The Kier molecular flexibility index (Phi) is 3.85. The summed E-state index contributed by atoms with van der Waals surface area (Å²) >= 11 is 0. The molecule has 6 nitrogen and oxygen atoms in total. The summed E-state index contributed by atoms with van der Waals surface area (Å²) in [5, 5.41) is 13.5. The Hall–Kier alpha value is -2.34. The van der Waals surface area contributed by atoms with Crippen LogP contribution in [0.3, 0.4) is 0 Å². The standard InChI is InChI=1S/C16H18N2O4/c1-2-10-5-12-11(8-18-4-3-17-15(20)9-18)6-16(21)22-14(12)7-13(10)19/h5-7,19H,2-4,8-9H2,1H3,(H,17,20). The van der Waals surface area contributed by atoms with Crippen LogP contribution < -0.4 is 10.9 Å². The van der Waals surface area contributed by atoms with Crippen molar-refractivity contribution in [2.24, 2.45) is 0 Å². The predicted octanol–water partition coefficient (Wildman–Crippen LogP) is 0.993. The molecule has 1 aliphatic rings. The number of benzene rings is 1. The third-order valence-corrected chi connectivity index (χ3v) is 3.92. The van der Waals surface area contributed by atoms with Crippen LogP contribution in [-0.2, 0) is 17.8 Å². The molecule has 1 aromatic carbocycles. The van der Waals surface area contributed by atoms with Gasteiger partial charge in [-0.25, -0.2) is 4.79 Å². The SMILES string of the molecule is CCc1cc2c(CN3CCNC(=O)C3)cc(=O)oc2cc1O. The van der Waals surface area contributed by atoms with Gasteiger partial charge in [-0.3, -0.25) is 9.69 Å². The number of rotatable bonds is 3. The van der Waals surface area contributed by atoms with E-state index in [0.29, 0.717) is 31.6 Å². The number of nitrogens with one attached hydrogen (secondary N) is 1. The Balaban J connectivity index is 2.03. The molecule has 0 aliphatic carbocycles. The molecule has 1 aromatic heterocycles. The summed E-state index contributed by atoms with van der Waals surface area (Å²) in [7, 11) is 0. The van der Waals surface area contributed by atoms with E-state index in [-0.39, 0.29) is 11.7 Å². The van der Waals surface area contributed by atoms with Gasteiger partial charge in [0, 0.05) is 37.2 Å². The summed E-state index contributed by atoms with van der Waals surface area (Å²) in [6, 6.07) is 4.81. The lowest BCUT2D eigenvalue weighted by atomic mass is 10.0. The van der Waals surface area contributed by atoms with E-state index in [1.165, 1.54) is 12.1 Å². The number of phenols is 1. The van der Waals surface area contributed by atoms with Crippen LogP contribution in [0.1, 0.15) is 18.1 Å². The second-order valence-corrected chi connectivity index (χ2v) is 5.48. The van der Waals surface area contributed by atoms with Crippen LogP contribution in [0.5, 0.6) is 5.75 Å². The van der Waals surface area contributed by atoms with Crippen molar-refractivity contribution in [3.63, 3.8) is 0 Å². The highest BCUT2D eigenvalue weighted by Crippen LogP contribution is 2.27. The Morgan fingerprint density at radius 2 is 2.09 bits per heavy atom. The van der Waals surface area contributed by atoms with Crippen molar-refractivity contribution < 1.29 is 14.3 Å². The zero-order valence-electron chi connectivity index (χ0n) is 12.4. The molecule has 0 atom stereocenters. The van der Waals surface area contributed by atoms with Crippen LogP contribution in [0.2, 0.25) is 0 Å². The Morgan fingerprint density at radius 3 is 2.82 bits per heavy atom. The molecule has 2 heterocycles. The number of aromatic hydroxyl groups is 1. The van der Waals surface area contributed by atoms with Crippen molar-refractivity contribution in [2.75, 3.05) is 19.6 Å². The van der Waals surface area contributed by atoms with Crippen LogP contribution in [-0.4, -0.2) is 35.5 Å². The molecule has 0 radical (unpaired) electrons. The fraction of sp³-hybridized carbons (Fsp3) is 0.375. The molecule has 0 unspecified atom stereocenters. The first-order valence-corrected chi connectivity index (χ1v) is 7.34. The lowest BCUT2D eigenvalue weighted by molar-refractivity contribution is -0.124. The van der Waals surface area contributed by atoms with Gasteiger partial charge in [-0.15, -0.1) is 0 Å². The quantitative estimate of drug-likeness (QED) is 0.826. The molecule has 1 amide bonds. The Bertz CT molecular complexity index is 782. The number of nitrogens with zero attached hydrogens (tertiary/aromatic N) is 1. The molecule has 0 bridgehead atoms. The first kappa shape index (κ1) is 14.6. The van der Waals surface area contributed by atoms with Gasteiger partial charge in [-0.2, -0.15) is 0 Å². The van der Waals surface area contributed by atoms with Gasteiger partial charge < -0.3 is 14.8 Å². The van der Waals surface area contributed by atoms with Crippen LogP contribution in [0.25, 0.3) is 11.0 Å². The number of fused-ring (bicyclic) bond motifs is 1. The highest BCUT2D eigenvalue weighted by Gasteiger charge is 2.18. The van der Waals surface area contributed by atoms with Crippen molar-refractivity contribution in [3.05, 3.63) is 39.7 Å². The second-order valence-electron chi connectivity index (χ2n) is 5.48. The Labute approximate surface area is 127 Å². The third-order valence-electron chi connectivity index (χ3n) is 3.92. The number of aryl methyl sites for hydroxylation is 1. The zero-order chi connectivity index (χ0) is 15.7. The number of carbonyl (C=O) groups excluding carboxylic acids is 1. The van der Waals surface area contributed by atoms with Gasteiger partial charge in [0.15, 0.2) is 0 Å². The van der Waals surface area contributed by atoms with Crippen LogP contribution in [0.15, 0.2) is 27.4 Å². The minimum atomic E-state index is -0.451. The van der Waals surface area contributed by atoms with E-state index in [4.69, 9.17) is 4.42 Å². The summed E-state index contributed by atoms with van der Waals surface area (Å²) in [5.74, 6) is 0.123. The molecule has 1 fully saturated rings. The summed E-state index contributed by atoms with van der Waals surface area (Å²) in [6.45, 7) is 4.13. The van der Waals surface area contributed by atoms with Crippen molar-refractivity contribution in [2.45, 2.75) is 19.9 Å². The van der Waals surface area contributed by atoms with E-state index in [1.807, 2.05) is 17.9 Å².